The molecule has 0 amide bonds. The zero-order valence-electron chi connectivity index (χ0n) is 6.10. The molecule has 3 nitrogen and oxygen atoms in total. The minimum Gasteiger partial charge on any atom is -0.386 e. The van der Waals surface area contributed by atoms with E-state index in [0.29, 0.717) is 0 Å². The van der Waals surface area contributed by atoms with Gasteiger partial charge in [0, 0.05) is 0 Å². The first-order chi connectivity index (χ1) is 5.34. The number of nitrogens with two attached hydrogens (primary N) is 1. The molecule has 0 radical (unpaired) electrons. The van der Waals surface area contributed by atoms with Crippen molar-refractivity contribution in [1.82, 2.24) is 0 Å². The van der Waals surface area contributed by atoms with Gasteiger partial charge in [0.2, 0.25) is 0 Å². The summed E-state index contributed by atoms with van der Waals surface area (Å²) in [4.78, 5) is 4.31. The van der Waals surface area contributed by atoms with E-state index < -0.39 is 6.10 Å². The molecule has 3 heteroatoms. The molecular formula is C8H11NO2. The van der Waals surface area contributed by atoms with Crippen LogP contribution in [-0.2, 0) is 4.84 Å². The Balaban J connectivity index is 2.61. The maximum absolute atomic E-state index is 9.32. The number of aliphatic hydroxyl groups excluding tert-OH is 1. The fraction of sp³-hybridized carbons (Fsp3) is 0.250. The summed E-state index contributed by atoms with van der Waals surface area (Å²) in [6, 6.07) is 9.25. The van der Waals surface area contributed by atoms with Crippen molar-refractivity contribution in [3.05, 3.63) is 35.9 Å². The fourth-order valence-corrected chi connectivity index (χ4v) is 0.863. The molecule has 0 fully saturated rings. The van der Waals surface area contributed by atoms with Gasteiger partial charge in [0.05, 0.1) is 6.61 Å². The van der Waals surface area contributed by atoms with Gasteiger partial charge in [-0.15, -0.1) is 0 Å². The van der Waals surface area contributed by atoms with Gasteiger partial charge in [-0.25, -0.2) is 5.90 Å². The van der Waals surface area contributed by atoms with E-state index in [1.54, 1.807) is 0 Å². The molecule has 11 heavy (non-hydrogen) atoms. The summed E-state index contributed by atoms with van der Waals surface area (Å²) in [5.41, 5.74) is 0.818. The Bertz CT molecular complexity index is 201. The quantitative estimate of drug-likeness (QED) is 0.625. The molecule has 0 spiro atoms. The van der Waals surface area contributed by atoms with Crippen molar-refractivity contribution < 1.29 is 9.94 Å². The summed E-state index contributed by atoms with van der Waals surface area (Å²) in [7, 11) is 0. The Morgan fingerprint density at radius 1 is 1.36 bits per heavy atom. The van der Waals surface area contributed by atoms with Crippen LogP contribution >= 0.6 is 0 Å². The number of hydrogen-bond donors (Lipinski definition) is 2. The lowest BCUT2D eigenvalue weighted by Crippen LogP contribution is -2.10. The maximum Gasteiger partial charge on any atom is 0.104 e. The van der Waals surface area contributed by atoms with Crippen LogP contribution in [-0.4, -0.2) is 11.7 Å². The van der Waals surface area contributed by atoms with Crippen LogP contribution < -0.4 is 5.90 Å². The third-order valence-electron chi connectivity index (χ3n) is 1.44. The molecule has 0 saturated carbocycles. The van der Waals surface area contributed by atoms with Crippen molar-refractivity contribution in [3.8, 4) is 0 Å². The van der Waals surface area contributed by atoms with Crippen molar-refractivity contribution >= 4 is 0 Å². The Morgan fingerprint density at radius 2 is 2.00 bits per heavy atom. The van der Waals surface area contributed by atoms with Gasteiger partial charge in [-0.05, 0) is 5.56 Å². The van der Waals surface area contributed by atoms with Crippen molar-refractivity contribution in [1.29, 1.82) is 0 Å². The first kappa shape index (κ1) is 8.20. The number of benzene rings is 1. The van der Waals surface area contributed by atoms with E-state index in [2.05, 4.69) is 4.84 Å². The molecule has 3 N–H and O–H groups in total. The molecule has 0 unspecified atom stereocenters. The van der Waals surface area contributed by atoms with Gasteiger partial charge in [-0.2, -0.15) is 0 Å². The number of hydrogen-bond acceptors (Lipinski definition) is 3. The average molecular weight is 153 g/mol. The van der Waals surface area contributed by atoms with Gasteiger partial charge in [-0.3, -0.25) is 0 Å². The summed E-state index contributed by atoms with van der Waals surface area (Å²) < 4.78 is 0. The minimum atomic E-state index is -0.624. The van der Waals surface area contributed by atoms with E-state index in [0.717, 1.165) is 5.56 Å². The Labute approximate surface area is 65.4 Å². The molecule has 0 aliphatic rings. The van der Waals surface area contributed by atoms with Gasteiger partial charge >= 0.3 is 0 Å². The lowest BCUT2D eigenvalue weighted by molar-refractivity contribution is 0.0359. The smallest absolute Gasteiger partial charge is 0.104 e. The molecule has 1 atom stereocenters. The highest BCUT2D eigenvalue weighted by Crippen LogP contribution is 2.10. The van der Waals surface area contributed by atoms with Crippen molar-refractivity contribution in [3.63, 3.8) is 0 Å². The van der Waals surface area contributed by atoms with Gasteiger partial charge in [0.1, 0.15) is 6.10 Å². The highest BCUT2D eigenvalue weighted by atomic mass is 16.6. The number of aliphatic hydroxyl groups is 1. The van der Waals surface area contributed by atoms with E-state index in [9.17, 15) is 5.11 Å². The van der Waals surface area contributed by atoms with E-state index in [1.165, 1.54) is 0 Å². The maximum atomic E-state index is 9.32. The van der Waals surface area contributed by atoms with Gasteiger partial charge < -0.3 is 9.94 Å². The van der Waals surface area contributed by atoms with Crippen LogP contribution in [0.2, 0.25) is 0 Å². The topological polar surface area (TPSA) is 55.5 Å². The normalized spacial score (nSPS) is 12.9. The zero-order chi connectivity index (χ0) is 8.10. The monoisotopic (exact) mass is 153 g/mol. The van der Waals surface area contributed by atoms with Crippen LogP contribution in [0.4, 0.5) is 0 Å². The molecule has 1 aromatic carbocycles. The highest BCUT2D eigenvalue weighted by molar-refractivity contribution is 5.17. The first-order valence-electron chi connectivity index (χ1n) is 3.39. The van der Waals surface area contributed by atoms with E-state index in [-0.39, 0.29) is 6.61 Å². The van der Waals surface area contributed by atoms with Gasteiger partial charge in [0.25, 0.3) is 0 Å². The van der Waals surface area contributed by atoms with Crippen LogP contribution in [0.5, 0.6) is 0 Å². The molecule has 0 aromatic heterocycles. The van der Waals surface area contributed by atoms with E-state index in [4.69, 9.17) is 5.90 Å². The van der Waals surface area contributed by atoms with E-state index >= 15 is 0 Å². The average Bonchev–Trinajstić information content (AvgIpc) is 2.07. The van der Waals surface area contributed by atoms with Crippen LogP contribution in [0.25, 0.3) is 0 Å². The van der Waals surface area contributed by atoms with Crippen LogP contribution in [0, 0.1) is 0 Å². The van der Waals surface area contributed by atoms with Gasteiger partial charge in [0.15, 0.2) is 0 Å². The van der Waals surface area contributed by atoms with Gasteiger partial charge in [-0.1, -0.05) is 30.3 Å². The summed E-state index contributed by atoms with van der Waals surface area (Å²) in [6.45, 7) is 0.129. The molecule has 1 aromatic rings. The van der Waals surface area contributed by atoms with Crippen molar-refractivity contribution in [2.45, 2.75) is 6.10 Å². The first-order valence-corrected chi connectivity index (χ1v) is 3.39. The summed E-state index contributed by atoms with van der Waals surface area (Å²) in [6.07, 6.45) is -0.624. The largest absolute Gasteiger partial charge is 0.386 e. The summed E-state index contributed by atoms with van der Waals surface area (Å²) >= 11 is 0. The summed E-state index contributed by atoms with van der Waals surface area (Å²) in [5.74, 6) is 4.81. The van der Waals surface area contributed by atoms with Crippen LogP contribution in [0.3, 0.4) is 0 Å². The second-order valence-corrected chi connectivity index (χ2v) is 2.26. The Morgan fingerprint density at radius 3 is 2.55 bits per heavy atom. The molecule has 0 aliphatic heterocycles. The molecular weight excluding hydrogens is 142 g/mol. The molecule has 0 saturated heterocycles. The van der Waals surface area contributed by atoms with Crippen molar-refractivity contribution in [2.24, 2.45) is 5.90 Å². The molecule has 0 aliphatic carbocycles. The third kappa shape index (κ3) is 2.31. The number of rotatable bonds is 3. The lowest BCUT2D eigenvalue weighted by Gasteiger charge is -2.07. The van der Waals surface area contributed by atoms with Crippen molar-refractivity contribution in [2.75, 3.05) is 6.61 Å². The standard InChI is InChI=1S/C8H11NO2/c9-11-6-8(10)7-4-2-1-3-5-7/h1-5,8,10H,6,9H2/t8-/m0/s1. The second kappa shape index (κ2) is 4.08. The predicted molar refractivity (Wildman–Crippen MR) is 41.5 cm³/mol. The molecule has 0 bridgehead atoms. The Kier molecular flexibility index (Phi) is 3.04. The molecule has 1 rings (SSSR count). The lowest BCUT2D eigenvalue weighted by atomic mass is 10.1. The van der Waals surface area contributed by atoms with Crippen LogP contribution in [0.1, 0.15) is 11.7 Å². The van der Waals surface area contributed by atoms with E-state index in [1.807, 2.05) is 30.3 Å². The summed E-state index contributed by atoms with van der Waals surface area (Å²) in [5, 5.41) is 9.32. The molecule has 0 heterocycles. The van der Waals surface area contributed by atoms with Crippen LogP contribution in [0.15, 0.2) is 30.3 Å². The molecule has 60 valence electrons. The predicted octanol–water partition coefficient (Wildman–Crippen LogP) is 0.610. The zero-order valence-corrected chi connectivity index (χ0v) is 6.10. The SMILES string of the molecule is NOC[C@H](O)c1ccccc1. The third-order valence-corrected chi connectivity index (χ3v) is 1.44. The fourth-order valence-electron chi connectivity index (χ4n) is 0.863. The Hall–Kier alpha value is -0.900. The highest BCUT2D eigenvalue weighted by Gasteiger charge is 2.04. The minimum absolute atomic E-state index is 0.129. The second-order valence-electron chi connectivity index (χ2n) is 2.26.